The predicted octanol–water partition coefficient (Wildman–Crippen LogP) is 5.14. The molecule has 0 radical (unpaired) electrons. The van der Waals surface area contributed by atoms with E-state index in [2.05, 4.69) is 5.32 Å². The summed E-state index contributed by atoms with van der Waals surface area (Å²) in [4.78, 5) is 28.7. The van der Waals surface area contributed by atoms with Crippen LogP contribution in [0.25, 0.3) is 0 Å². The van der Waals surface area contributed by atoms with Crippen molar-refractivity contribution in [1.82, 2.24) is 10.2 Å². The molecule has 1 N–H and O–H groups in total. The van der Waals surface area contributed by atoms with Crippen LogP contribution in [0, 0.1) is 20.8 Å². The number of aryl methyl sites for hydroxylation is 3. The maximum absolute atomic E-state index is 14.0. The standard InChI is InChI=1S/C31H39N3O4S/c1-7-25(5)32-31(36)26(6)33(20-27-13-10-11-23(3)19-27)30(35)21-34(29-14-9-8-12-24(29)4)39(37,38)28-17-15-22(2)16-18-28/h8-19,25-26H,7,20-21H2,1-6H3,(H,32,36)/t25-,26-/m1/s1. The fourth-order valence-electron chi connectivity index (χ4n) is 4.25. The third-order valence-corrected chi connectivity index (χ3v) is 8.65. The van der Waals surface area contributed by atoms with Crippen molar-refractivity contribution in [2.75, 3.05) is 10.8 Å². The van der Waals surface area contributed by atoms with Crippen LogP contribution in [0.2, 0.25) is 0 Å². The molecule has 0 bridgehead atoms. The van der Waals surface area contributed by atoms with Gasteiger partial charge in [0.05, 0.1) is 10.6 Å². The van der Waals surface area contributed by atoms with Gasteiger partial charge < -0.3 is 10.2 Å². The van der Waals surface area contributed by atoms with Gasteiger partial charge in [-0.1, -0.05) is 72.6 Å². The summed E-state index contributed by atoms with van der Waals surface area (Å²) in [6.45, 7) is 10.9. The first-order valence-electron chi connectivity index (χ1n) is 13.2. The van der Waals surface area contributed by atoms with E-state index in [-0.39, 0.29) is 23.4 Å². The van der Waals surface area contributed by atoms with Crippen LogP contribution in [-0.4, -0.2) is 43.8 Å². The highest BCUT2D eigenvalue weighted by atomic mass is 32.2. The molecule has 2 atom stereocenters. The van der Waals surface area contributed by atoms with Crippen molar-refractivity contribution in [3.8, 4) is 0 Å². The number of benzene rings is 3. The molecule has 3 aromatic carbocycles. The van der Waals surface area contributed by atoms with Gasteiger partial charge in [0.1, 0.15) is 12.6 Å². The first-order valence-corrected chi connectivity index (χ1v) is 14.7. The molecule has 0 aliphatic carbocycles. The van der Waals surface area contributed by atoms with Gasteiger partial charge in [-0.15, -0.1) is 0 Å². The molecular formula is C31H39N3O4S. The lowest BCUT2D eigenvalue weighted by Crippen LogP contribution is -2.52. The Kier molecular flexibility index (Phi) is 9.92. The lowest BCUT2D eigenvalue weighted by atomic mass is 10.1. The Bertz CT molecular complexity index is 1400. The Balaban J connectivity index is 2.04. The van der Waals surface area contributed by atoms with Gasteiger partial charge in [0, 0.05) is 12.6 Å². The molecule has 0 aliphatic heterocycles. The molecule has 0 unspecified atom stereocenters. The molecule has 8 heteroatoms. The summed E-state index contributed by atoms with van der Waals surface area (Å²) in [5, 5.41) is 2.95. The lowest BCUT2D eigenvalue weighted by molar-refractivity contribution is -0.139. The molecule has 39 heavy (non-hydrogen) atoms. The molecule has 0 aliphatic rings. The number of hydrogen-bond acceptors (Lipinski definition) is 4. The summed E-state index contributed by atoms with van der Waals surface area (Å²) in [5.74, 6) is -0.753. The Hall–Kier alpha value is -3.65. The number of hydrogen-bond donors (Lipinski definition) is 1. The molecule has 3 aromatic rings. The normalized spacial score (nSPS) is 12.9. The van der Waals surface area contributed by atoms with Gasteiger partial charge in [0.2, 0.25) is 11.8 Å². The third kappa shape index (κ3) is 7.47. The number of nitrogens with one attached hydrogen (secondary N) is 1. The molecule has 0 saturated heterocycles. The zero-order valence-electron chi connectivity index (χ0n) is 23.6. The van der Waals surface area contributed by atoms with Crippen molar-refractivity contribution in [1.29, 1.82) is 0 Å². The van der Waals surface area contributed by atoms with E-state index in [1.165, 1.54) is 4.90 Å². The third-order valence-electron chi connectivity index (χ3n) is 6.88. The first kappa shape index (κ1) is 29.9. The Morgan fingerprint density at radius 3 is 2.15 bits per heavy atom. The van der Waals surface area contributed by atoms with Gasteiger partial charge in [-0.2, -0.15) is 0 Å². The molecular weight excluding hydrogens is 510 g/mol. The predicted molar refractivity (Wildman–Crippen MR) is 156 cm³/mol. The van der Waals surface area contributed by atoms with Crippen LogP contribution in [0.15, 0.2) is 77.7 Å². The minimum absolute atomic E-state index is 0.0544. The highest BCUT2D eigenvalue weighted by Crippen LogP contribution is 2.27. The highest BCUT2D eigenvalue weighted by Gasteiger charge is 2.33. The van der Waals surface area contributed by atoms with Crippen LogP contribution in [-0.2, 0) is 26.2 Å². The van der Waals surface area contributed by atoms with E-state index in [4.69, 9.17) is 0 Å². The van der Waals surface area contributed by atoms with E-state index in [1.54, 1.807) is 43.3 Å². The molecule has 0 aromatic heterocycles. The summed E-state index contributed by atoms with van der Waals surface area (Å²) in [6.07, 6.45) is 0.750. The van der Waals surface area contributed by atoms with Gasteiger partial charge in [0.15, 0.2) is 0 Å². The smallest absolute Gasteiger partial charge is 0.264 e. The molecule has 0 saturated carbocycles. The zero-order chi connectivity index (χ0) is 28.7. The van der Waals surface area contributed by atoms with Gasteiger partial charge in [-0.3, -0.25) is 13.9 Å². The fourth-order valence-corrected chi connectivity index (χ4v) is 5.73. The SMILES string of the molecule is CC[C@@H](C)NC(=O)[C@@H](C)N(Cc1cccc(C)c1)C(=O)CN(c1ccccc1C)S(=O)(=O)c1ccc(C)cc1. The number of anilines is 1. The number of sulfonamides is 1. The average Bonchev–Trinajstić information content (AvgIpc) is 2.90. The minimum atomic E-state index is -4.09. The molecule has 0 spiro atoms. The monoisotopic (exact) mass is 549 g/mol. The number of nitrogens with zero attached hydrogens (tertiary/aromatic N) is 2. The second kappa shape index (κ2) is 12.9. The van der Waals surface area contributed by atoms with Gasteiger partial charge >= 0.3 is 0 Å². The maximum atomic E-state index is 14.0. The van der Waals surface area contributed by atoms with E-state index in [0.29, 0.717) is 11.3 Å². The highest BCUT2D eigenvalue weighted by molar-refractivity contribution is 7.92. The Labute approximate surface area is 232 Å². The quantitative estimate of drug-likeness (QED) is 0.359. The van der Waals surface area contributed by atoms with E-state index >= 15 is 0 Å². The van der Waals surface area contributed by atoms with Crippen molar-refractivity contribution < 1.29 is 18.0 Å². The van der Waals surface area contributed by atoms with Gasteiger partial charge in [0.25, 0.3) is 10.0 Å². The van der Waals surface area contributed by atoms with Crippen LogP contribution < -0.4 is 9.62 Å². The molecule has 3 rings (SSSR count). The molecule has 0 fully saturated rings. The van der Waals surface area contributed by atoms with E-state index < -0.39 is 28.5 Å². The number of rotatable bonds is 11. The van der Waals surface area contributed by atoms with Crippen molar-refractivity contribution in [2.45, 2.75) is 71.5 Å². The summed E-state index contributed by atoms with van der Waals surface area (Å²) in [7, 11) is -4.09. The summed E-state index contributed by atoms with van der Waals surface area (Å²) in [6, 6.07) is 20.5. The number of amides is 2. The fraction of sp³-hybridized carbons (Fsp3) is 0.355. The Morgan fingerprint density at radius 2 is 1.54 bits per heavy atom. The van der Waals surface area contributed by atoms with Crippen molar-refractivity contribution in [3.05, 3.63) is 95.1 Å². The van der Waals surface area contributed by atoms with Crippen LogP contribution in [0.3, 0.4) is 0 Å². The topological polar surface area (TPSA) is 86.8 Å². The van der Waals surface area contributed by atoms with Crippen LogP contribution in [0.1, 0.15) is 49.4 Å². The van der Waals surface area contributed by atoms with Crippen molar-refractivity contribution in [3.63, 3.8) is 0 Å². The second-order valence-electron chi connectivity index (χ2n) is 10.1. The molecule has 7 nitrogen and oxygen atoms in total. The lowest BCUT2D eigenvalue weighted by Gasteiger charge is -2.33. The first-order chi connectivity index (χ1) is 18.4. The molecule has 208 valence electrons. The Morgan fingerprint density at radius 1 is 0.872 bits per heavy atom. The van der Waals surface area contributed by atoms with Crippen molar-refractivity contribution in [2.24, 2.45) is 0 Å². The van der Waals surface area contributed by atoms with E-state index in [0.717, 1.165) is 27.4 Å². The number of carbonyl (C=O) groups is 2. The van der Waals surface area contributed by atoms with Crippen molar-refractivity contribution >= 4 is 27.5 Å². The second-order valence-corrected chi connectivity index (χ2v) is 12.0. The largest absolute Gasteiger partial charge is 0.352 e. The van der Waals surface area contributed by atoms with Crippen LogP contribution in [0.5, 0.6) is 0 Å². The number of carbonyl (C=O) groups excluding carboxylic acids is 2. The summed E-state index contributed by atoms with van der Waals surface area (Å²) >= 11 is 0. The minimum Gasteiger partial charge on any atom is -0.352 e. The van der Waals surface area contributed by atoms with Crippen LogP contribution >= 0.6 is 0 Å². The summed E-state index contributed by atoms with van der Waals surface area (Å²) < 4.78 is 29.0. The summed E-state index contributed by atoms with van der Waals surface area (Å²) in [5.41, 5.74) is 3.95. The van der Waals surface area contributed by atoms with Gasteiger partial charge in [-0.25, -0.2) is 8.42 Å². The van der Waals surface area contributed by atoms with Gasteiger partial charge in [-0.05, 0) is 70.4 Å². The maximum Gasteiger partial charge on any atom is 0.264 e. The number of para-hydroxylation sites is 1. The zero-order valence-corrected chi connectivity index (χ0v) is 24.5. The van der Waals surface area contributed by atoms with Crippen LogP contribution in [0.4, 0.5) is 5.69 Å². The molecule has 2 amide bonds. The van der Waals surface area contributed by atoms with E-state index in [1.807, 2.05) is 71.0 Å². The van der Waals surface area contributed by atoms with E-state index in [9.17, 15) is 18.0 Å². The molecule has 0 heterocycles. The average molecular weight is 550 g/mol.